The van der Waals surface area contributed by atoms with E-state index in [-0.39, 0.29) is 19.0 Å². The first-order chi connectivity index (χ1) is 18.2. The van der Waals surface area contributed by atoms with E-state index in [0.717, 1.165) is 44.1 Å². The quantitative estimate of drug-likeness (QED) is 0.388. The molecule has 214 valence electrons. The molecule has 2 aromatic carbocycles. The van der Waals surface area contributed by atoms with Gasteiger partial charge in [-0.25, -0.2) is 12.8 Å². The van der Waals surface area contributed by atoms with Crippen molar-refractivity contribution in [2.24, 2.45) is 0 Å². The number of carbonyl (C=O) groups is 2. The molecule has 13 heteroatoms. The molecule has 7 nitrogen and oxygen atoms in total. The molecule has 1 fully saturated rings. The number of alkyl halides is 3. The lowest BCUT2D eigenvalue weighted by Gasteiger charge is -2.33. The second-order valence-corrected chi connectivity index (χ2v) is 11.8. The van der Waals surface area contributed by atoms with Crippen molar-refractivity contribution in [2.45, 2.75) is 63.8 Å². The summed E-state index contributed by atoms with van der Waals surface area (Å²) < 4.78 is 79.7. The molecule has 1 unspecified atom stereocenters. The van der Waals surface area contributed by atoms with Crippen LogP contribution in [0.15, 0.2) is 42.5 Å². The van der Waals surface area contributed by atoms with Crippen molar-refractivity contribution in [1.29, 1.82) is 0 Å². The minimum absolute atomic E-state index is 0.0447. The van der Waals surface area contributed by atoms with Crippen molar-refractivity contribution in [1.82, 2.24) is 10.2 Å². The van der Waals surface area contributed by atoms with E-state index in [2.05, 4.69) is 5.32 Å². The first kappa shape index (κ1) is 30.7. The van der Waals surface area contributed by atoms with E-state index < -0.39 is 62.7 Å². The lowest BCUT2D eigenvalue weighted by Crippen LogP contribution is -2.53. The molecule has 3 rings (SSSR count). The molecule has 1 aliphatic carbocycles. The molecule has 0 aliphatic heterocycles. The van der Waals surface area contributed by atoms with Crippen molar-refractivity contribution in [3.8, 4) is 0 Å². The van der Waals surface area contributed by atoms with Gasteiger partial charge in [0, 0.05) is 12.6 Å². The zero-order chi connectivity index (χ0) is 29.0. The monoisotopic (exact) mass is 591 g/mol. The molecule has 0 spiro atoms. The Morgan fingerprint density at radius 1 is 1.10 bits per heavy atom. The predicted molar refractivity (Wildman–Crippen MR) is 140 cm³/mol. The van der Waals surface area contributed by atoms with E-state index in [1.54, 1.807) is 6.92 Å². The summed E-state index contributed by atoms with van der Waals surface area (Å²) >= 11 is 5.69. The highest BCUT2D eigenvalue weighted by atomic mass is 35.5. The van der Waals surface area contributed by atoms with Crippen LogP contribution in [0.25, 0.3) is 0 Å². The van der Waals surface area contributed by atoms with Gasteiger partial charge in [-0.1, -0.05) is 43.5 Å². The number of hydrogen-bond donors (Lipinski definition) is 1. The van der Waals surface area contributed by atoms with Gasteiger partial charge in [0.05, 0.1) is 22.5 Å². The second-order valence-electron chi connectivity index (χ2n) is 9.49. The highest BCUT2D eigenvalue weighted by molar-refractivity contribution is 7.92. The summed E-state index contributed by atoms with van der Waals surface area (Å²) in [5.74, 6) is -1.74. The maximum Gasteiger partial charge on any atom is 0.417 e. The Morgan fingerprint density at radius 2 is 1.72 bits per heavy atom. The molecule has 0 saturated heterocycles. The number of hydrogen-bond acceptors (Lipinski definition) is 4. The van der Waals surface area contributed by atoms with Gasteiger partial charge in [0.15, 0.2) is 0 Å². The number of amides is 2. The minimum atomic E-state index is -4.86. The van der Waals surface area contributed by atoms with Crippen LogP contribution in [0, 0.1) is 5.82 Å². The first-order valence-electron chi connectivity index (χ1n) is 12.4. The second kappa shape index (κ2) is 12.5. The number of anilines is 1. The van der Waals surface area contributed by atoms with Crippen LogP contribution >= 0.6 is 11.6 Å². The minimum Gasteiger partial charge on any atom is -0.352 e. The average Bonchev–Trinajstić information content (AvgIpc) is 3.35. The number of nitrogens with zero attached hydrogens (tertiary/aromatic N) is 2. The lowest BCUT2D eigenvalue weighted by atomic mass is 10.1. The molecular weight excluding hydrogens is 562 g/mol. The molecule has 1 N–H and O–H groups in total. The van der Waals surface area contributed by atoms with Gasteiger partial charge in [0.25, 0.3) is 0 Å². The van der Waals surface area contributed by atoms with Crippen LogP contribution < -0.4 is 9.62 Å². The SMILES string of the molecule is CCC(C(=O)NC1CCCC1)N(Cc1ccc(F)cc1)C(=O)CN(c1ccc(Cl)c(C(F)(F)F)c1)S(C)(=O)=O. The Kier molecular flexibility index (Phi) is 9.87. The molecule has 1 saturated carbocycles. The zero-order valence-electron chi connectivity index (χ0n) is 21.5. The third-order valence-corrected chi connectivity index (χ3v) is 8.05. The van der Waals surface area contributed by atoms with Crippen LogP contribution in [0.1, 0.15) is 50.2 Å². The molecule has 1 aliphatic rings. The molecular formula is C26H30ClF4N3O4S. The number of halogens is 5. The smallest absolute Gasteiger partial charge is 0.352 e. The topological polar surface area (TPSA) is 86.8 Å². The van der Waals surface area contributed by atoms with Gasteiger partial charge in [0.2, 0.25) is 21.8 Å². The molecule has 0 heterocycles. The molecule has 0 radical (unpaired) electrons. The predicted octanol–water partition coefficient (Wildman–Crippen LogP) is 5.13. The van der Waals surface area contributed by atoms with Crippen molar-refractivity contribution >= 4 is 39.1 Å². The van der Waals surface area contributed by atoms with E-state index in [0.29, 0.717) is 15.9 Å². The van der Waals surface area contributed by atoms with E-state index in [4.69, 9.17) is 11.6 Å². The first-order valence-corrected chi connectivity index (χ1v) is 14.6. The van der Waals surface area contributed by atoms with Crippen molar-refractivity contribution < 1.29 is 35.6 Å². The Bertz CT molecular complexity index is 1280. The van der Waals surface area contributed by atoms with Gasteiger partial charge in [-0.05, 0) is 55.2 Å². The Hall–Kier alpha value is -2.86. The fourth-order valence-electron chi connectivity index (χ4n) is 4.57. The summed E-state index contributed by atoms with van der Waals surface area (Å²) in [4.78, 5) is 28.1. The van der Waals surface area contributed by atoms with Crippen LogP contribution in [-0.4, -0.2) is 50.0 Å². The number of sulfonamides is 1. The van der Waals surface area contributed by atoms with Gasteiger partial charge in [-0.15, -0.1) is 0 Å². The fraction of sp³-hybridized carbons (Fsp3) is 0.462. The highest BCUT2D eigenvalue weighted by Crippen LogP contribution is 2.37. The highest BCUT2D eigenvalue weighted by Gasteiger charge is 2.36. The third kappa shape index (κ3) is 8.07. The zero-order valence-corrected chi connectivity index (χ0v) is 23.0. The normalized spacial score (nSPS) is 15.2. The van der Waals surface area contributed by atoms with E-state index in [1.807, 2.05) is 0 Å². The number of nitrogens with one attached hydrogen (secondary N) is 1. The van der Waals surface area contributed by atoms with Gasteiger partial charge < -0.3 is 10.2 Å². The molecule has 1 atom stereocenters. The lowest BCUT2D eigenvalue weighted by molar-refractivity contribution is -0.140. The maximum atomic E-state index is 13.7. The molecule has 0 bridgehead atoms. The van der Waals surface area contributed by atoms with Crippen LogP contribution in [0.5, 0.6) is 0 Å². The maximum absolute atomic E-state index is 13.7. The number of benzene rings is 2. The van der Waals surface area contributed by atoms with Crippen LogP contribution in [0.3, 0.4) is 0 Å². The number of carbonyl (C=O) groups excluding carboxylic acids is 2. The standard InChI is InChI=1S/C26H30ClF4N3O4S/c1-3-23(25(36)32-19-6-4-5-7-19)33(15-17-8-10-18(28)11-9-17)24(35)16-34(39(2,37)38)20-12-13-22(27)21(14-20)26(29,30)31/h8-14,19,23H,3-7,15-16H2,1-2H3,(H,32,36). The number of rotatable bonds is 10. The summed E-state index contributed by atoms with van der Waals surface area (Å²) in [5, 5.41) is 2.32. The largest absolute Gasteiger partial charge is 0.417 e. The van der Waals surface area contributed by atoms with E-state index in [9.17, 15) is 35.6 Å². The molecule has 39 heavy (non-hydrogen) atoms. The Morgan fingerprint density at radius 3 is 2.26 bits per heavy atom. The average molecular weight is 592 g/mol. The summed E-state index contributed by atoms with van der Waals surface area (Å²) in [7, 11) is -4.25. The molecule has 2 amide bonds. The summed E-state index contributed by atoms with van der Waals surface area (Å²) in [6.07, 6.45) is -0.392. The van der Waals surface area contributed by atoms with Crippen molar-refractivity contribution in [3.63, 3.8) is 0 Å². The van der Waals surface area contributed by atoms with E-state index in [1.165, 1.54) is 29.2 Å². The summed E-state index contributed by atoms with van der Waals surface area (Å²) in [5.41, 5.74) is -1.19. The fourth-order valence-corrected chi connectivity index (χ4v) is 5.64. The van der Waals surface area contributed by atoms with Gasteiger partial charge in [0.1, 0.15) is 18.4 Å². The van der Waals surface area contributed by atoms with Crippen molar-refractivity contribution in [3.05, 3.63) is 64.4 Å². The van der Waals surface area contributed by atoms with E-state index >= 15 is 0 Å². The van der Waals surface area contributed by atoms with Gasteiger partial charge in [-0.2, -0.15) is 13.2 Å². The third-order valence-electron chi connectivity index (χ3n) is 6.58. The van der Waals surface area contributed by atoms with Crippen LogP contribution in [-0.2, 0) is 32.3 Å². The van der Waals surface area contributed by atoms with Gasteiger partial charge >= 0.3 is 6.18 Å². The Balaban J connectivity index is 1.97. The van der Waals surface area contributed by atoms with Crippen molar-refractivity contribution in [2.75, 3.05) is 17.1 Å². The summed E-state index contributed by atoms with van der Waals surface area (Å²) in [6.45, 7) is 0.668. The summed E-state index contributed by atoms with van der Waals surface area (Å²) in [6, 6.07) is 6.73. The van der Waals surface area contributed by atoms with Crippen LogP contribution in [0.4, 0.5) is 23.2 Å². The van der Waals surface area contributed by atoms with Crippen LogP contribution in [0.2, 0.25) is 5.02 Å². The molecule has 2 aromatic rings. The van der Waals surface area contributed by atoms with Gasteiger partial charge in [-0.3, -0.25) is 13.9 Å². The molecule has 0 aromatic heterocycles. The Labute approximate surface area is 230 Å².